The number of β-amino-alcohol motifs (C(OH)–C–C–N with tert-alkyl or cyclic N) is 1. The smallest absolute Gasteiger partial charge is 0.246 e. The number of nitriles is 1. The van der Waals surface area contributed by atoms with Gasteiger partial charge in [0.25, 0.3) is 0 Å². The first-order valence-corrected chi connectivity index (χ1v) is 13.3. The van der Waals surface area contributed by atoms with E-state index < -0.39 is 40.8 Å². The van der Waals surface area contributed by atoms with Crippen molar-refractivity contribution in [3.8, 4) is 16.5 Å². The number of benzene rings is 1. The molecule has 2 aromatic rings. The Labute approximate surface area is 220 Å². The Kier molecular flexibility index (Phi) is 7.40. The number of carbonyl (C=O) groups excluding carboxylic acids is 3. The van der Waals surface area contributed by atoms with Gasteiger partial charge in [0.1, 0.15) is 17.5 Å². The molecule has 37 heavy (non-hydrogen) atoms. The molecule has 1 aromatic heterocycles. The third-order valence-electron chi connectivity index (χ3n) is 7.08. The molecule has 1 aliphatic heterocycles. The van der Waals surface area contributed by atoms with Crippen LogP contribution < -0.4 is 10.6 Å². The summed E-state index contributed by atoms with van der Waals surface area (Å²) >= 11 is 1.58. The zero-order valence-corrected chi connectivity index (χ0v) is 22.4. The molecule has 3 amide bonds. The molecule has 2 fully saturated rings. The number of hydrogen-bond acceptors (Lipinski definition) is 7. The molecule has 1 saturated heterocycles. The highest BCUT2D eigenvalue weighted by Gasteiger charge is 2.53. The van der Waals surface area contributed by atoms with E-state index in [1.807, 2.05) is 57.5 Å². The first-order chi connectivity index (χ1) is 17.4. The highest BCUT2D eigenvalue weighted by molar-refractivity contribution is 7.13. The first kappa shape index (κ1) is 26.8. The molecule has 10 heteroatoms. The van der Waals surface area contributed by atoms with E-state index >= 15 is 0 Å². The molecule has 196 valence electrons. The van der Waals surface area contributed by atoms with Crippen LogP contribution in [0.5, 0.6) is 0 Å². The molecule has 1 aliphatic carbocycles. The van der Waals surface area contributed by atoms with E-state index in [0.29, 0.717) is 12.8 Å². The number of aromatic nitrogens is 1. The van der Waals surface area contributed by atoms with Gasteiger partial charge >= 0.3 is 0 Å². The first-order valence-electron chi connectivity index (χ1n) is 12.4. The molecule has 0 spiro atoms. The van der Waals surface area contributed by atoms with Crippen LogP contribution in [0.15, 0.2) is 29.8 Å². The fourth-order valence-corrected chi connectivity index (χ4v) is 5.38. The Morgan fingerprint density at radius 1 is 1.27 bits per heavy atom. The third-order valence-corrected chi connectivity index (χ3v) is 8.06. The summed E-state index contributed by atoms with van der Waals surface area (Å²) in [6.45, 7) is 7.71. The number of rotatable bonds is 7. The monoisotopic (exact) mass is 523 g/mol. The van der Waals surface area contributed by atoms with Crippen LogP contribution in [0.25, 0.3) is 10.4 Å². The van der Waals surface area contributed by atoms with Crippen molar-refractivity contribution < 1.29 is 19.5 Å². The van der Waals surface area contributed by atoms with E-state index in [9.17, 15) is 24.8 Å². The zero-order chi connectivity index (χ0) is 27.0. The van der Waals surface area contributed by atoms with Gasteiger partial charge in [-0.2, -0.15) is 5.26 Å². The van der Waals surface area contributed by atoms with Crippen molar-refractivity contribution in [2.75, 3.05) is 6.54 Å². The molecule has 2 aliphatic rings. The number of hydrogen-bond donors (Lipinski definition) is 3. The summed E-state index contributed by atoms with van der Waals surface area (Å²) in [4.78, 5) is 46.2. The number of nitrogens with zero attached hydrogens (tertiary/aromatic N) is 3. The van der Waals surface area contributed by atoms with Crippen LogP contribution in [0.1, 0.15) is 51.3 Å². The number of aliphatic hydroxyl groups is 1. The largest absolute Gasteiger partial charge is 0.391 e. The molecule has 9 nitrogen and oxygen atoms in total. The second kappa shape index (κ2) is 10.2. The lowest BCUT2D eigenvalue weighted by Crippen LogP contribution is -2.58. The minimum absolute atomic E-state index is 0.00562. The minimum Gasteiger partial charge on any atom is -0.391 e. The van der Waals surface area contributed by atoms with Crippen LogP contribution in [0.2, 0.25) is 0 Å². The van der Waals surface area contributed by atoms with Gasteiger partial charge in [0.15, 0.2) is 0 Å². The van der Waals surface area contributed by atoms with E-state index in [0.717, 1.165) is 21.7 Å². The maximum absolute atomic E-state index is 13.6. The summed E-state index contributed by atoms with van der Waals surface area (Å²) in [7, 11) is 0. The van der Waals surface area contributed by atoms with Crippen molar-refractivity contribution in [2.24, 2.45) is 10.8 Å². The Balaban J connectivity index is 1.43. The molecule has 4 rings (SSSR count). The van der Waals surface area contributed by atoms with Crippen LogP contribution in [-0.2, 0) is 20.9 Å². The summed E-state index contributed by atoms with van der Waals surface area (Å²) in [5.74, 6) is -1.25. The molecular weight excluding hydrogens is 490 g/mol. The second-order valence-corrected chi connectivity index (χ2v) is 11.9. The van der Waals surface area contributed by atoms with E-state index in [1.165, 1.54) is 4.90 Å². The van der Waals surface area contributed by atoms with Crippen LogP contribution >= 0.6 is 11.3 Å². The summed E-state index contributed by atoms with van der Waals surface area (Å²) in [6, 6.07) is 8.12. The lowest BCUT2D eigenvalue weighted by Gasteiger charge is -2.35. The predicted octanol–water partition coefficient (Wildman–Crippen LogP) is 2.53. The van der Waals surface area contributed by atoms with Crippen molar-refractivity contribution in [1.82, 2.24) is 20.5 Å². The topological polar surface area (TPSA) is 135 Å². The standard InChI is InChI=1S/C27H33N5O4S/c1-16-21(37-15-30-16)18-7-5-17(6-8-18)12-29-23(34)20-11-19(33)13-32(20)24(35)22(26(2,3)4)31-25(36)27(14-28)9-10-27/h5-8,15,19-20,22,33H,9-13H2,1-4H3,(H,29,34)(H,31,36). The highest BCUT2D eigenvalue weighted by atomic mass is 32.1. The number of aryl methyl sites for hydroxylation is 1. The number of nitrogens with one attached hydrogen (secondary N) is 2. The average Bonchev–Trinajstić information content (AvgIpc) is 3.40. The van der Waals surface area contributed by atoms with E-state index in [4.69, 9.17) is 0 Å². The summed E-state index contributed by atoms with van der Waals surface area (Å²) in [5, 5.41) is 25.4. The molecule has 1 saturated carbocycles. The molecule has 1 aromatic carbocycles. The van der Waals surface area contributed by atoms with Gasteiger partial charge in [-0.05, 0) is 36.3 Å². The van der Waals surface area contributed by atoms with Gasteiger partial charge < -0.3 is 20.6 Å². The van der Waals surface area contributed by atoms with Crippen molar-refractivity contribution in [1.29, 1.82) is 5.26 Å². The van der Waals surface area contributed by atoms with Gasteiger partial charge in [-0.3, -0.25) is 14.4 Å². The number of amides is 3. The fourth-order valence-electron chi connectivity index (χ4n) is 4.56. The Morgan fingerprint density at radius 2 is 1.95 bits per heavy atom. The third kappa shape index (κ3) is 5.68. The molecule has 3 atom stereocenters. The molecular formula is C27H33N5O4S. The zero-order valence-electron chi connectivity index (χ0n) is 21.6. The van der Waals surface area contributed by atoms with E-state index in [-0.39, 0.29) is 25.4 Å². The summed E-state index contributed by atoms with van der Waals surface area (Å²) in [6.07, 6.45) is 0.220. The Bertz CT molecular complexity index is 1220. The second-order valence-electron chi connectivity index (χ2n) is 11.0. The fraction of sp³-hybridized carbons (Fsp3) is 0.519. The Morgan fingerprint density at radius 3 is 2.49 bits per heavy atom. The van der Waals surface area contributed by atoms with Crippen LogP contribution in [-0.4, -0.2) is 57.4 Å². The van der Waals surface area contributed by atoms with Gasteiger partial charge in [-0.1, -0.05) is 45.0 Å². The predicted molar refractivity (Wildman–Crippen MR) is 139 cm³/mol. The number of carbonyl (C=O) groups is 3. The Hall–Kier alpha value is -3.29. The number of aliphatic hydroxyl groups excluding tert-OH is 1. The summed E-state index contributed by atoms with van der Waals surface area (Å²) in [5.41, 5.74) is 3.02. The normalized spacial score (nSPS) is 21.1. The van der Waals surface area contributed by atoms with Gasteiger partial charge in [0.05, 0.1) is 28.3 Å². The number of likely N-dealkylation sites (tertiary alicyclic amines) is 1. The van der Waals surface area contributed by atoms with Crippen LogP contribution in [0, 0.1) is 29.1 Å². The maximum atomic E-state index is 13.6. The maximum Gasteiger partial charge on any atom is 0.246 e. The molecule has 3 unspecified atom stereocenters. The van der Waals surface area contributed by atoms with Crippen molar-refractivity contribution in [3.05, 3.63) is 41.0 Å². The molecule has 3 N–H and O–H groups in total. The van der Waals surface area contributed by atoms with Gasteiger partial charge in [-0.25, -0.2) is 4.98 Å². The van der Waals surface area contributed by atoms with Gasteiger partial charge in [0.2, 0.25) is 17.7 Å². The van der Waals surface area contributed by atoms with Gasteiger partial charge in [0, 0.05) is 19.5 Å². The molecule has 0 bridgehead atoms. The SMILES string of the molecule is Cc1ncsc1-c1ccc(CNC(=O)C2CC(O)CN2C(=O)C(NC(=O)C2(C#N)CC2)C(C)(C)C)cc1. The molecule has 2 heterocycles. The highest BCUT2D eigenvalue weighted by Crippen LogP contribution is 2.45. The van der Waals surface area contributed by atoms with Gasteiger partial charge in [-0.15, -0.1) is 11.3 Å². The van der Waals surface area contributed by atoms with Crippen LogP contribution in [0.3, 0.4) is 0 Å². The lowest BCUT2D eigenvalue weighted by atomic mass is 9.85. The average molecular weight is 524 g/mol. The summed E-state index contributed by atoms with van der Waals surface area (Å²) < 4.78 is 0. The number of thiazole rings is 1. The van der Waals surface area contributed by atoms with Crippen LogP contribution in [0.4, 0.5) is 0 Å². The minimum atomic E-state index is -1.07. The molecule has 0 radical (unpaired) electrons. The van der Waals surface area contributed by atoms with E-state index in [1.54, 1.807) is 11.3 Å². The van der Waals surface area contributed by atoms with E-state index in [2.05, 4.69) is 21.7 Å². The van der Waals surface area contributed by atoms with Crippen molar-refractivity contribution >= 4 is 29.1 Å². The van der Waals surface area contributed by atoms with Crippen molar-refractivity contribution in [3.63, 3.8) is 0 Å². The lowest BCUT2D eigenvalue weighted by molar-refractivity contribution is -0.144. The van der Waals surface area contributed by atoms with Crippen molar-refractivity contribution in [2.45, 2.75) is 71.7 Å². The quantitative estimate of drug-likeness (QED) is 0.510.